The lowest BCUT2D eigenvalue weighted by atomic mass is 10.1. The lowest BCUT2D eigenvalue weighted by Gasteiger charge is -2.26. The number of carbonyl (C=O) groups excluding carboxylic acids is 2. The number of rotatable bonds is 4. The number of ether oxygens (including phenoxy) is 1. The van der Waals surface area contributed by atoms with Crippen molar-refractivity contribution < 1.29 is 22.7 Å². The lowest BCUT2D eigenvalue weighted by Crippen LogP contribution is -2.40. The van der Waals surface area contributed by atoms with Crippen LogP contribution in [0.15, 0.2) is 47.4 Å². The van der Waals surface area contributed by atoms with E-state index in [1.807, 2.05) is 0 Å². The van der Waals surface area contributed by atoms with Crippen molar-refractivity contribution in [2.24, 2.45) is 0 Å². The smallest absolute Gasteiger partial charge is 0.299 e. The maximum atomic E-state index is 12.8. The van der Waals surface area contributed by atoms with Gasteiger partial charge in [-0.2, -0.15) is 4.31 Å². The molecule has 9 heteroatoms. The Morgan fingerprint density at radius 3 is 2.50 bits per heavy atom. The highest BCUT2D eigenvalue weighted by Gasteiger charge is 2.37. The monoisotopic (exact) mass is 420 g/mol. The maximum Gasteiger partial charge on any atom is 0.299 e. The molecule has 2 aromatic carbocycles. The number of hydrogen-bond acceptors (Lipinski definition) is 5. The molecule has 0 aliphatic carbocycles. The molecule has 1 amide bonds. The normalized spacial score (nSPS) is 17.8. The fourth-order valence-electron chi connectivity index (χ4n) is 3.35. The van der Waals surface area contributed by atoms with Crippen LogP contribution < -0.4 is 4.90 Å². The van der Waals surface area contributed by atoms with E-state index in [9.17, 15) is 18.0 Å². The number of halogens is 1. The van der Waals surface area contributed by atoms with Gasteiger partial charge in [0.25, 0.3) is 11.7 Å². The molecular formula is C19H17ClN2O5S. The summed E-state index contributed by atoms with van der Waals surface area (Å²) in [7, 11) is -3.75. The van der Waals surface area contributed by atoms with Gasteiger partial charge in [-0.05, 0) is 35.9 Å². The van der Waals surface area contributed by atoms with Crippen molar-refractivity contribution in [2.45, 2.75) is 11.4 Å². The van der Waals surface area contributed by atoms with E-state index in [0.717, 1.165) is 5.56 Å². The third kappa shape index (κ3) is 3.33. The molecule has 146 valence electrons. The first kappa shape index (κ1) is 19.1. The van der Waals surface area contributed by atoms with Crippen LogP contribution >= 0.6 is 11.6 Å². The molecule has 0 N–H and O–H groups in total. The zero-order valence-corrected chi connectivity index (χ0v) is 16.4. The van der Waals surface area contributed by atoms with Crippen LogP contribution in [0.1, 0.15) is 15.9 Å². The van der Waals surface area contributed by atoms with Crippen LogP contribution in [0.5, 0.6) is 0 Å². The minimum absolute atomic E-state index is 0.00101. The molecule has 2 heterocycles. The molecule has 0 atom stereocenters. The maximum absolute atomic E-state index is 12.8. The van der Waals surface area contributed by atoms with Crippen LogP contribution in [-0.4, -0.2) is 50.7 Å². The third-order valence-corrected chi connectivity index (χ3v) is 6.91. The second-order valence-electron chi connectivity index (χ2n) is 6.55. The Hall–Kier alpha value is -2.26. The Balaban J connectivity index is 1.67. The van der Waals surface area contributed by atoms with Gasteiger partial charge in [-0.3, -0.25) is 9.59 Å². The minimum atomic E-state index is -3.75. The molecule has 2 aliphatic rings. The summed E-state index contributed by atoms with van der Waals surface area (Å²) in [5.74, 6) is -1.40. The van der Waals surface area contributed by atoms with E-state index >= 15 is 0 Å². The first-order chi connectivity index (χ1) is 13.4. The van der Waals surface area contributed by atoms with Gasteiger partial charge in [0.2, 0.25) is 10.0 Å². The van der Waals surface area contributed by atoms with Crippen molar-refractivity contribution in [3.05, 3.63) is 58.6 Å². The third-order valence-electron chi connectivity index (χ3n) is 4.78. The quantitative estimate of drug-likeness (QED) is 0.707. The Bertz CT molecular complexity index is 1060. The first-order valence-electron chi connectivity index (χ1n) is 8.70. The number of nitrogens with zero attached hydrogens (tertiary/aromatic N) is 2. The number of Topliss-reactive ketones (excluding diaryl/α,β-unsaturated/α-hetero) is 1. The second-order valence-corrected chi connectivity index (χ2v) is 8.92. The van der Waals surface area contributed by atoms with Gasteiger partial charge < -0.3 is 9.64 Å². The van der Waals surface area contributed by atoms with Crippen molar-refractivity contribution >= 4 is 39.0 Å². The summed E-state index contributed by atoms with van der Waals surface area (Å²) in [6.07, 6.45) is 0. The van der Waals surface area contributed by atoms with E-state index < -0.39 is 21.7 Å². The summed E-state index contributed by atoms with van der Waals surface area (Å²) in [5.41, 5.74) is 1.27. The van der Waals surface area contributed by atoms with Crippen molar-refractivity contribution in [1.29, 1.82) is 0 Å². The van der Waals surface area contributed by atoms with E-state index in [-0.39, 0.29) is 30.1 Å². The highest BCUT2D eigenvalue weighted by atomic mass is 35.5. The molecule has 1 saturated heterocycles. The number of anilines is 1. The summed E-state index contributed by atoms with van der Waals surface area (Å²) < 4.78 is 32.2. The van der Waals surface area contributed by atoms with E-state index in [4.69, 9.17) is 16.3 Å². The molecule has 7 nitrogen and oxygen atoms in total. The Morgan fingerprint density at radius 2 is 1.79 bits per heavy atom. The number of amides is 1. The van der Waals surface area contributed by atoms with Gasteiger partial charge in [-0.1, -0.05) is 23.7 Å². The molecule has 0 spiro atoms. The van der Waals surface area contributed by atoms with Crippen LogP contribution in [0.4, 0.5) is 5.69 Å². The van der Waals surface area contributed by atoms with Crippen molar-refractivity contribution in [3.8, 4) is 0 Å². The fourth-order valence-corrected chi connectivity index (χ4v) is 5.00. The van der Waals surface area contributed by atoms with Crippen LogP contribution in [0, 0.1) is 0 Å². The number of fused-ring (bicyclic) bond motifs is 1. The Morgan fingerprint density at radius 1 is 1.04 bits per heavy atom. The van der Waals surface area contributed by atoms with E-state index in [1.54, 1.807) is 24.3 Å². The summed E-state index contributed by atoms with van der Waals surface area (Å²) in [4.78, 5) is 26.3. The molecule has 0 bridgehead atoms. The van der Waals surface area contributed by atoms with Gasteiger partial charge in [-0.25, -0.2) is 8.42 Å². The zero-order valence-electron chi connectivity index (χ0n) is 14.8. The van der Waals surface area contributed by atoms with Gasteiger partial charge in [-0.15, -0.1) is 0 Å². The molecule has 2 aromatic rings. The van der Waals surface area contributed by atoms with E-state index in [0.29, 0.717) is 23.9 Å². The predicted octanol–water partition coefficient (Wildman–Crippen LogP) is 2.09. The van der Waals surface area contributed by atoms with Crippen LogP contribution in [0.2, 0.25) is 5.02 Å². The van der Waals surface area contributed by atoms with E-state index in [1.165, 1.54) is 27.4 Å². The molecular weight excluding hydrogens is 404 g/mol. The first-order valence-corrected chi connectivity index (χ1v) is 10.5. The van der Waals surface area contributed by atoms with Crippen molar-refractivity contribution in [1.82, 2.24) is 4.31 Å². The Labute approximate surface area is 167 Å². The lowest BCUT2D eigenvalue weighted by molar-refractivity contribution is -0.114. The summed E-state index contributed by atoms with van der Waals surface area (Å²) in [5, 5.41) is 0.530. The topological polar surface area (TPSA) is 84.0 Å². The SMILES string of the molecule is O=C1C(=O)N(Cc2cccc(Cl)c2)c2ccc(S(=O)(=O)N3CCOCC3)cc21. The summed E-state index contributed by atoms with van der Waals surface area (Å²) >= 11 is 5.99. The minimum Gasteiger partial charge on any atom is -0.379 e. The Kier molecular flexibility index (Phi) is 4.96. The number of sulfonamides is 1. The summed E-state index contributed by atoms with van der Waals surface area (Å²) in [6, 6.07) is 11.2. The number of hydrogen-bond donors (Lipinski definition) is 0. The van der Waals surface area contributed by atoms with Gasteiger partial charge in [0, 0.05) is 18.1 Å². The molecule has 0 aromatic heterocycles. The number of benzene rings is 2. The molecule has 0 unspecified atom stereocenters. The molecule has 2 aliphatic heterocycles. The molecule has 1 fully saturated rings. The van der Waals surface area contributed by atoms with E-state index in [2.05, 4.69) is 0 Å². The largest absolute Gasteiger partial charge is 0.379 e. The van der Waals surface area contributed by atoms with Gasteiger partial charge in [0.05, 0.1) is 35.9 Å². The fraction of sp³-hybridized carbons (Fsp3) is 0.263. The zero-order chi connectivity index (χ0) is 19.9. The predicted molar refractivity (Wildman–Crippen MR) is 103 cm³/mol. The van der Waals surface area contributed by atoms with Crippen LogP contribution in [0.25, 0.3) is 0 Å². The summed E-state index contributed by atoms with van der Waals surface area (Å²) in [6.45, 7) is 1.35. The van der Waals surface area contributed by atoms with Crippen LogP contribution in [-0.2, 0) is 26.1 Å². The molecule has 0 saturated carbocycles. The average Bonchev–Trinajstić information content (AvgIpc) is 2.93. The van der Waals surface area contributed by atoms with Crippen LogP contribution in [0.3, 0.4) is 0 Å². The highest BCUT2D eigenvalue weighted by Crippen LogP contribution is 2.33. The molecule has 28 heavy (non-hydrogen) atoms. The number of morpholine rings is 1. The molecule has 4 rings (SSSR count). The van der Waals surface area contributed by atoms with Gasteiger partial charge in [0.15, 0.2) is 0 Å². The standard InChI is InChI=1S/C19H17ClN2O5S/c20-14-3-1-2-13(10-14)12-22-17-5-4-15(11-16(17)18(23)19(22)24)28(25,26)21-6-8-27-9-7-21/h1-5,10-11H,6-9,12H2. The highest BCUT2D eigenvalue weighted by molar-refractivity contribution is 7.89. The van der Waals surface area contributed by atoms with Gasteiger partial charge >= 0.3 is 0 Å². The van der Waals surface area contributed by atoms with Gasteiger partial charge in [0.1, 0.15) is 0 Å². The number of ketones is 1. The van der Waals surface area contributed by atoms with Crippen molar-refractivity contribution in [3.63, 3.8) is 0 Å². The van der Waals surface area contributed by atoms with Crippen molar-refractivity contribution in [2.75, 3.05) is 31.2 Å². The molecule has 0 radical (unpaired) electrons. The number of carbonyl (C=O) groups is 2. The average molecular weight is 421 g/mol. The second kappa shape index (κ2) is 7.29.